The first-order valence-electron chi connectivity index (χ1n) is 3.87. The van der Waals surface area contributed by atoms with Gasteiger partial charge in [0.1, 0.15) is 0 Å². The minimum atomic E-state index is 0.587. The lowest BCUT2D eigenvalue weighted by Gasteiger charge is -2.00. The van der Waals surface area contributed by atoms with Crippen molar-refractivity contribution in [1.29, 1.82) is 0 Å². The molecule has 13 heavy (non-hydrogen) atoms. The molecule has 1 nitrogen and oxygen atoms in total. The number of hydrogen-bond donors (Lipinski definition) is 0. The topological polar surface area (TPSA) is 4.36 Å². The Morgan fingerprint density at radius 3 is 2.69 bits per heavy atom. The van der Waals surface area contributed by atoms with Gasteiger partial charge < -0.3 is 0 Å². The lowest BCUT2D eigenvalue weighted by atomic mass is 10.1. The van der Waals surface area contributed by atoms with Gasteiger partial charge in [-0.3, -0.25) is 0 Å². The van der Waals surface area contributed by atoms with Gasteiger partial charge in [-0.1, -0.05) is 35.9 Å². The Bertz CT molecular complexity index is 497. The van der Waals surface area contributed by atoms with Crippen molar-refractivity contribution in [3.8, 4) is 0 Å². The van der Waals surface area contributed by atoms with Crippen molar-refractivity contribution in [2.45, 2.75) is 0 Å². The highest BCUT2D eigenvalue weighted by Crippen LogP contribution is 2.28. The third-order valence-electron chi connectivity index (χ3n) is 1.93. The van der Waals surface area contributed by atoms with Crippen LogP contribution in [0.2, 0.25) is 5.02 Å². The average Bonchev–Trinajstić information content (AvgIpc) is 2.18. The minimum absolute atomic E-state index is 0.587. The largest absolute Gasteiger partial charge is 0.238 e. The van der Waals surface area contributed by atoms with Crippen LogP contribution in [-0.2, 0) is 0 Å². The second-order valence-electron chi connectivity index (χ2n) is 2.76. The summed E-state index contributed by atoms with van der Waals surface area (Å²) < 4.78 is 0. The van der Waals surface area contributed by atoms with E-state index in [9.17, 15) is 0 Å². The Hall–Kier alpha value is -1.52. The Labute approximate surface area is 81.4 Å². The van der Waals surface area contributed by atoms with Gasteiger partial charge in [-0.15, -0.1) is 0 Å². The zero-order valence-corrected chi connectivity index (χ0v) is 7.55. The normalized spacial score (nSPS) is 9.85. The van der Waals surface area contributed by atoms with Crippen LogP contribution in [0.25, 0.3) is 15.6 Å². The molecule has 0 atom stereocenters. The summed E-state index contributed by atoms with van der Waals surface area (Å²) in [6, 6.07) is 11.3. The van der Waals surface area contributed by atoms with Crippen molar-refractivity contribution in [1.82, 2.24) is 0 Å². The van der Waals surface area contributed by atoms with E-state index in [4.69, 9.17) is 18.2 Å². The highest BCUT2D eigenvalue weighted by atomic mass is 35.5. The Morgan fingerprint density at radius 1 is 1.15 bits per heavy atom. The van der Waals surface area contributed by atoms with Crippen LogP contribution in [0, 0.1) is 6.57 Å². The second kappa shape index (κ2) is 3.08. The summed E-state index contributed by atoms with van der Waals surface area (Å²) >= 11 is 6.00. The zero-order valence-electron chi connectivity index (χ0n) is 6.79. The lowest BCUT2D eigenvalue weighted by molar-refractivity contribution is 1.75. The highest BCUT2D eigenvalue weighted by molar-refractivity contribution is 6.35. The molecule has 0 aliphatic carbocycles. The summed E-state index contributed by atoms with van der Waals surface area (Å²) in [5.41, 5.74) is 0.587. The van der Waals surface area contributed by atoms with Crippen LogP contribution in [0.1, 0.15) is 0 Å². The molecule has 0 fully saturated rings. The van der Waals surface area contributed by atoms with Crippen LogP contribution in [0.15, 0.2) is 36.4 Å². The number of halogens is 1. The van der Waals surface area contributed by atoms with Gasteiger partial charge >= 0.3 is 0 Å². The molecule has 2 rings (SSSR count). The first kappa shape index (κ1) is 8.10. The van der Waals surface area contributed by atoms with Crippen LogP contribution in [0.3, 0.4) is 0 Å². The van der Waals surface area contributed by atoms with Gasteiger partial charge in [0, 0.05) is 5.02 Å². The molecule has 0 heterocycles. The van der Waals surface area contributed by atoms with Crippen molar-refractivity contribution in [2.24, 2.45) is 0 Å². The maximum absolute atomic E-state index is 6.88. The number of fused-ring (bicyclic) bond motifs is 1. The molecule has 0 aliphatic heterocycles. The van der Waals surface area contributed by atoms with Gasteiger partial charge in [-0.25, -0.2) is 4.85 Å². The van der Waals surface area contributed by atoms with Crippen LogP contribution in [0.5, 0.6) is 0 Å². The molecular weight excluding hydrogens is 182 g/mol. The Kier molecular flexibility index (Phi) is 1.92. The zero-order chi connectivity index (χ0) is 9.26. The molecule has 0 N–H and O–H groups in total. The maximum Gasteiger partial charge on any atom is 0.189 e. The summed E-state index contributed by atoms with van der Waals surface area (Å²) in [7, 11) is 0. The lowest BCUT2D eigenvalue weighted by Crippen LogP contribution is -1.72. The van der Waals surface area contributed by atoms with E-state index in [-0.39, 0.29) is 0 Å². The fraction of sp³-hybridized carbons (Fsp3) is 0. The molecule has 2 aromatic rings. The first-order valence-corrected chi connectivity index (χ1v) is 4.25. The van der Waals surface area contributed by atoms with E-state index in [2.05, 4.69) is 4.85 Å². The quantitative estimate of drug-likeness (QED) is 0.549. The van der Waals surface area contributed by atoms with Gasteiger partial charge in [-0.2, -0.15) is 0 Å². The fourth-order valence-electron chi connectivity index (χ4n) is 1.31. The Balaban J connectivity index is 2.86. The van der Waals surface area contributed by atoms with E-state index in [0.29, 0.717) is 10.7 Å². The summed E-state index contributed by atoms with van der Waals surface area (Å²) in [4.78, 5) is 3.35. The summed E-state index contributed by atoms with van der Waals surface area (Å²) in [5, 5.41) is 2.65. The van der Waals surface area contributed by atoms with Crippen LogP contribution in [0.4, 0.5) is 5.69 Å². The van der Waals surface area contributed by atoms with Gasteiger partial charge in [-0.05, 0) is 22.9 Å². The molecule has 0 bridgehead atoms. The molecule has 0 unspecified atom stereocenters. The first-order chi connectivity index (χ1) is 6.31. The van der Waals surface area contributed by atoms with Crippen LogP contribution >= 0.6 is 11.6 Å². The molecule has 0 aromatic heterocycles. The van der Waals surface area contributed by atoms with Crippen molar-refractivity contribution >= 4 is 28.1 Å². The summed E-state index contributed by atoms with van der Waals surface area (Å²) in [6.07, 6.45) is 0. The fourth-order valence-corrected chi connectivity index (χ4v) is 1.60. The molecular formula is C11H6ClN. The molecule has 0 saturated heterocycles. The van der Waals surface area contributed by atoms with E-state index in [0.717, 1.165) is 10.8 Å². The number of rotatable bonds is 0. The molecule has 0 saturated carbocycles. The van der Waals surface area contributed by atoms with E-state index < -0.39 is 0 Å². The van der Waals surface area contributed by atoms with E-state index in [1.54, 1.807) is 6.07 Å². The van der Waals surface area contributed by atoms with Gasteiger partial charge in [0.2, 0.25) is 0 Å². The van der Waals surface area contributed by atoms with Gasteiger partial charge in [0.25, 0.3) is 0 Å². The SMILES string of the molecule is [C-]#[N+]c1cc(Cl)c2ccccc2c1. The standard InChI is InChI=1S/C11H6ClN/c1-13-9-6-8-4-2-3-5-10(8)11(12)7-9/h2-7H. The van der Waals surface area contributed by atoms with Crippen molar-refractivity contribution in [3.63, 3.8) is 0 Å². The molecule has 0 spiro atoms. The summed E-state index contributed by atoms with van der Waals surface area (Å²) in [6.45, 7) is 6.88. The van der Waals surface area contributed by atoms with Crippen LogP contribution in [-0.4, -0.2) is 0 Å². The second-order valence-corrected chi connectivity index (χ2v) is 3.17. The molecule has 0 aliphatic rings. The molecule has 2 aromatic carbocycles. The molecule has 0 amide bonds. The molecule has 2 heteroatoms. The minimum Gasteiger partial charge on any atom is -0.238 e. The van der Waals surface area contributed by atoms with Crippen molar-refractivity contribution < 1.29 is 0 Å². The van der Waals surface area contributed by atoms with E-state index >= 15 is 0 Å². The molecule has 0 radical (unpaired) electrons. The van der Waals surface area contributed by atoms with Gasteiger partial charge in [0.05, 0.1) is 6.57 Å². The number of benzene rings is 2. The van der Waals surface area contributed by atoms with E-state index in [1.165, 1.54) is 0 Å². The Morgan fingerprint density at radius 2 is 1.92 bits per heavy atom. The maximum atomic E-state index is 6.88. The third kappa shape index (κ3) is 1.37. The van der Waals surface area contributed by atoms with Crippen molar-refractivity contribution in [2.75, 3.05) is 0 Å². The monoisotopic (exact) mass is 187 g/mol. The average molecular weight is 188 g/mol. The number of nitrogens with zero attached hydrogens (tertiary/aromatic N) is 1. The predicted octanol–water partition coefficient (Wildman–Crippen LogP) is 4.04. The van der Waals surface area contributed by atoms with Gasteiger partial charge in [0.15, 0.2) is 5.69 Å². The van der Waals surface area contributed by atoms with Crippen molar-refractivity contribution in [3.05, 3.63) is 52.8 Å². The highest BCUT2D eigenvalue weighted by Gasteiger charge is 2.00. The van der Waals surface area contributed by atoms with Crippen LogP contribution < -0.4 is 0 Å². The molecule has 62 valence electrons. The summed E-state index contributed by atoms with van der Waals surface area (Å²) in [5.74, 6) is 0. The third-order valence-corrected chi connectivity index (χ3v) is 2.24. The predicted molar refractivity (Wildman–Crippen MR) is 55.2 cm³/mol. The van der Waals surface area contributed by atoms with E-state index in [1.807, 2.05) is 30.3 Å². The smallest absolute Gasteiger partial charge is 0.189 e. The number of hydrogen-bond acceptors (Lipinski definition) is 0.